The molecule has 78 valence electrons. The molecule has 0 amide bonds. The Morgan fingerprint density at radius 3 is 2.87 bits per heavy atom. The van der Waals surface area contributed by atoms with Gasteiger partial charge in [-0.2, -0.15) is 0 Å². The number of nitrogens with zero attached hydrogens (tertiary/aromatic N) is 1. The van der Waals surface area contributed by atoms with Gasteiger partial charge in [0, 0.05) is 4.88 Å². The molecule has 0 saturated carbocycles. The fourth-order valence-electron chi connectivity index (χ4n) is 1.44. The van der Waals surface area contributed by atoms with Crippen LogP contribution in [0.2, 0.25) is 0 Å². The second kappa shape index (κ2) is 3.98. The largest absolute Gasteiger partial charge is 0.444 e. The molecule has 2 rings (SSSR count). The van der Waals surface area contributed by atoms with Crippen LogP contribution in [0.5, 0.6) is 0 Å². The maximum absolute atomic E-state index is 10.7. The van der Waals surface area contributed by atoms with E-state index in [1.807, 2.05) is 6.07 Å². The van der Waals surface area contributed by atoms with E-state index in [-0.39, 0.29) is 0 Å². The Bertz CT molecular complexity index is 457. The first-order valence-corrected chi connectivity index (χ1v) is 5.52. The van der Waals surface area contributed by atoms with Crippen molar-refractivity contribution in [1.82, 2.24) is 4.98 Å². The van der Waals surface area contributed by atoms with Crippen LogP contribution in [0, 0.1) is 0 Å². The van der Waals surface area contributed by atoms with E-state index in [1.165, 1.54) is 17.6 Å². The van der Waals surface area contributed by atoms with Gasteiger partial charge in [0.1, 0.15) is 6.26 Å². The quantitative estimate of drug-likeness (QED) is 0.746. The minimum absolute atomic E-state index is 0.366. The normalized spacial score (nSPS) is 10.9. The zero-order chi connectivity index (χ0) is 10.8. The van der Waals surface area contributed by atoms with Crippen LogP contribution < -0.4 is 0 Å². The lowest BCUT2D eigenvalue weighted by molar-refractivity contribution is 0.112. The molecule has 4 heteroatoms. The molecule has 0 radical (unpaired) electrons. The molecule has 3 nitrogen and oxygen atoms in total. The summed E-state index contributed by atoms with van der Waals surface area (Å²) in [6, 6.07) is 1.83. The van der Waals surface area contributed by atoms with Crippen LogP contribution in [0.4, 0.5) is 0 Å². The molecule has 0 atom stereocenters. The van der Waals surface area contributed by atoms with Crippen molar-refractivity contribution in [3.8, 4) is 11.5 Å². The van der Waals surface area contributed by atoms with Gasteiger partial charge in [-0.25, -0.2) is 4.98 Å². The fourth-order valence-corrected chi connectivity index (χ4v) is 2.41. The van der Waals surface area contributed by atoms with Crippen LogP contribution in [0.1, 0.15) is 34.3 Å². The number of oxazole rings is 1. The van der Waals surface area contributed by atoms with E-state index in [2.05, 4.69) is 18.8 Å². The van der Waals surface area contributed by atoms with Gasteiger partial charge in [-0.3, -0.25) is 4.79 Å². The van der Waals surface area contributed by atoms with Crippen LogP contribution >= 0.6 is 11.3 Å². The average Bonchev–Trinajstić information content (AvgIpc) is 2.86. The summed E-state index contributed by atoms with van der Waals surface area (Å²) in [6.45, 7) is 4.18. The molecule has 0 aliphatic heterocycles. The Morgan fingerprint density at radius 2 is 2.33 bits per heavy atom. The Morgan fingerprint density at radius 1 is 1.53 bits per heavy atom. The summed E-state index contributed by atoms with van der Waals surface area (Å²) in [7, 11) is 0. The molecular weight excluding hydrogens is 210 g/mol. The third-order valence-corrected chi connectivity index (χ3v) is 3.44. The van der Waals surface area contributed by atoms with Crippen molar-refractivity contribution >= 4 is 17.6 Å². The van der Waals surface area contributed by atoms with Crippen LogP contribution in [0.25, 0.3) is 11.5 Å². The first-order chi connectivity index (χ1) is 7.22. The minimum atomic E-state index is 0.366. The van der Waals surface area contributed by atoms with Gasteiger partial charge in [0.2, 0.25) is 5.89 Å². The molecule has 0 fully saturated rings. The summed E-state index contributed by atoms with van der Waals surface area (Å²) in [5.41, 5.74) is 0.933. The van der Waals surface area contributed by atoms with E-state index >= 15 is 0 Å². The van der Waals surface area contributed by atoms with Crippen molar-refractivity contribution < 1.29 is 9.21 Å². The second-order valence-corrected chi connectivity index (χ2v) is 4.65. The molecule has 2 aromatic rings. The van der Waals surface area contributed by atoms with E-state index < -0.39 is 0 Å². The molecule has 15 heavy (non-hydrogen) atoms. The van der Waals surface area contributed by atoms with Crippen molar-refractivity contribution in [2.24, 2.45) is 0 Å². The number of aromatic nitrogens is 1. The zero-order valence-corrected chi connectivity index (χ0v) is 9.38. The fraction of sp³-hybridized carbons (Fsp3) is 0.273. The monoisotopic (exact) mass is 221 g/mol. The lowest BCUT2D eigenvalue weighted by Crippen LogP contribution is -1.85. The zero-order valence-electron chi connectivity index (χ0n) is 8.56. The van der Waals surface area contributed by atoms with Crippen molar-refractivity contribution in [3.05, 3.63) is 28.3 Å². The van der Waals surface area contributed by atoms with Crippen molar-refractivity contribution in [3.63, 3.8) is 0 Å². The number of hydrogen-bond acceptors (Lipinski definition) is 4. The van der Waals surface area contributed by atoms with Gasteiger partial charge in [-0.1, -0.05) is 13.8 Å². The van der Waals surface area contributed by atoms with E-state index in [0.29, 0.717) is 16.7 Å². The van der Waals surface area contributed by atoms with Gasteiger partial charge in [-0.15, -0.1) is 11.3 Å². The SMILES string of the molecule is CC(C)c1sc(C=O)cc1-c1ncco1. The topological polar surface area (TPSA) is 43.1 Å². The summed E-state index contributed by atoms with van der Waals surface area (Å²) in [6.07, 6.45) is 4.01. The lowest BCUT2D eigenvalue weighted by atomic mass is 10.1. The molecule has 2 heterocycles. The first kappa shape index (κ1) is 10.1. The van der Waals surface area contributed by atoms with Crippen molar-refractivity contribution in [1.29, 1.82) is 0 Å². The molecule has 0 bridgehead atoms. The molecule has 2 aromatic heterocycles. The Labute approximate surface area is 91.8 Å². The molecule has 0 aliphatic carbocycles. The second-order valence-electron chi connectivity index (χ2n) is 3.54. The lowest BCUT2D eigenvalue weighted by Gasteiger charge is -2.02. The van der Waals surface area contributed by atoms with Crippen molar-refractivity contribution in [2.45, 2.75) is 19.8 Å². The molecule has 0 spiro atoms. The maximum Gasteiger partial charge on any atom is 0.227 e. The summed E-state index contributed by atoms with van der Waals surface area (Å²) >= 11 is 1.50. The number of carbonyl (C=O) groups is 1. The van der Waals surface area contributed by atoms with Gasteiger partial charge in [0.15, 0.2) is 6.29 Å². The summed E-state index contributed by atoms with van der Waals surface area (Å²) in [5, 5.41) is 0. The van der Waals surface area contributed by atoms with Crippen molar-refractivity contribution in [2.75, 3.05) is 0 Å². The highest BCUT2D eigenvalue weighted by atomic mass is 32.1. The third kappa shape index (κ3) is 1.85. The highest BCUT2D eigenvalue weighted by Crippen LogP contribution is 2.35. The predicted molar refractivity (Wildman–Crippen MR) is 59.3 cm³/mol. The number of carbonyl (C=O) groups excluding carboxylic acids is 1. The highest BCUT2D eigenvalue weighted by molar-refractivity contribution is 7.14. The Balaban J connectivity index is 2.54. The van der Waals surface area contributed by atoms with Gasteiger partial charge in [-0.05, 0) is 12.0 Å². The van der Waals surface area contributed by atoms with Crippen LogP contribution in [0.3, 0.4) is 0 Å². The molecule has 0 N–H and O–H groups in total. The van der Waals surface area contributed by atoms with E-state index in [1.54, 1.807) is 6.20 Å². The van der Waals surface area contributed by atoms with Gasteiger partial charge < -0.3 is 4.42 Å². The minimum Gasteiger partial charge on any atom is -0.444 e. The number of hydrogen-bond donors (Lipinski definition) is 0. The smallest absolute Gasteiger partial charge is 0.227 e. The van der Waals surface area contributed by atoms with Gasteiger partial charge >= 0.3 is 0 Å². The highest BCUT2D eigenvalue weighted by Gasteiger charge is 2.16. The van der Waals surface area contributed by atoms with Gasteiger partial charge in [0.05, 0.1) is 16.6 Å². The first-order valence-electron chi connectivity index (χ1n) is 4.71. The van der Waals surface area contributed by atoms with E-state index in [9.17, 15) is 4.79 Å². The van der Waals surface area contributed by atoms with E-state index in [4.69, 9.17) is 4.42 Å². The third-order valence-electron chi connectivity index (χ3n) is 2.08. The number of thiophene rings is 1. The summed E-state index contributed by atoms with van der Waals surface area (Å²) in [5.74, 6) is 0.952. The van der Waals surface area contributed by atoms with Crippen LogP contribution in [0.15, 0.2) is 22.9 Å². The summed E-state index contributed by atoms with van der Waals surface area (Å²) < 4.78 is 5.25. The molecule has 0 saturated heterocycles. The standard InChI is InChI=1S/C11H11NO2S/c1-7(2)10-9(5-8(6-13)15-10)11-12-3-4-14-11/h3-7H,1-2H3. The van der Waals surface area contributed by atoms with E-state index in [0.717, 1.165) is 16.7 Å². The Hall–Kier alpha value is -1.42. The number of rotatable bonds is 3. The van der Waals surface area contributed by atoms with Gasteiger partial charge in [0.25, 0.3) is 0 Å². The Kier molecular flexibility index (Phi) is 2.68. The van der Waals surface area contributed by atoms with Crippen LogP contribution in [-0.2, 0) is 0 Å². The number of aldehydes is 1. The molecular formula is C11H11NO2S. The molecule has 0 aromatic carbocycles. The molecule has 0 unspecified atom stereocenters. The summed E-state index contributed by atoms with van der Waals surface area (Å²) in [4.78, 5) is 16.7. The predicted octanol–water partition coefficient (Wildman–Crippen LogP) is 3.34. The molecule has 0 aliphatic rings. The average molecular weight is 221 g/mol. The maximum atomic E-state index is 10.7. The van der Waals surface area contributed by atoms with Crippen LogP contribution in [-0.4, -0.2) is 11.3 Å².